The molecule has 188 valence electrons. The van der Waals surface area contributed by atoms with Crippen LogP contribution in [0.25, 0.3) is 16.6 Å². The van der Waals surface area contributed by atoms with Gasteiger partial charge >= 0.3 is 0 Å². The van der Waals surface area contributed by atoms with Crippen molar-refractivity contribution in [3.63, 3.8) is 0 Å². The monoisotopic (exact) mass is 534 g/mol. The third-order valence-electron chi connectivity index (χ3n) is 5.94. The summed E-state index contributed by atoms with van der Waals surface area (Å²) in [5.74, 6) is -0.0958. The van der Waals surface area contributed by atoms with Gasteiger partial charge in [0.2, 0.25) is 5.91 Å². The molecule has 1 N–H and O–H groups in total. The van der Waals surface area contributed by atoms with Crippen molar-refractivity contribution in [2.45, 2.75) is 57.0 Å². The minimum absolute atomic E-state index is 0.0542. The van der Waals surface area contributed by atoms with Crippen LogP contribution < -0.4 is 10.9 Å². The van der Waals surface area contributed by atoms with Gasteiger partial charge in [0.15, 0.2) is 5.16 Å². The van der Waals surface area contributed by atoms with Gasteiger partial charge in [-0.1, -0.05) is 60.9 Å². The highest BCUT2D eigenvalue weighted by Gasteiger charge is 2.22. The largest absolute Gasteiger partial charge is 0.353 e. The number of nitrogens with one attached hydrogen (secondary N) is 1. The quantitative estimate of drug-likeness (QED) is 0.248. The molecule has 3 aromatic rings. The van der Waals surface area contributed by atoms with Gasteiger partial charge in [-0.3, -0.25) is 14.2 Å². The van der Waals surface area contributed by atoms with E-state index in [4.69, 9.17) is 28.2 Å². The molecule has 0 spiro atoms. The zero-order valence-electron chi connectivity index (χ0n) is 20.6. The van der Waals surface area contributed by atoms with Crippen molar-refractivity contribution < 1.29 is 4.79 Å². The standard InChI is InChI=1S/C26H32Cl2N4O2S/c1-5-31(6-2)15-9-10-17(3)29-24(33)18(4)35-26-30-22-12-8-7-11-20(22)25(34)32(26)23-14-13-19(27)16-21(23)28/h7-8,11-14,16-18H,5-6,9-10,15H2,1-4H3,(H,29,33). The fraction of sp³-hybridized carbons (Fsp3) is 0.423. The molecule has 0 fully saturated rings. The van der Waals surface area contributed by atoms with Crippen LogP contribution in [-0.2, 0) is 4.79 Å². The Balaban J connectivity index is 1.82. The Morgan fingerprint density at radius 2 is 1.86 bits per heavy atom. The Kier molecular flexibility index (Phi) is 10.0. The summed E-state index contributed by atoms with van der Waals surface area (Å²) in [5.41, 5.74) is 0.789. The van der Waals surface area contributed by atoms with Crippen molar-refractivity contribution in [1.29, 1.82) is 0 Å². The Hall–Kier alpha value is -2.06. The fourth-order valence-corrected chi connectivity index (χ4v) is 5.29. The number of carbonyl (C=O) groups excluding carboxylic acids is 1. The Morgan fingerprint density at radius 3 is 2.54 bits per heavy atom. The van der Waals surface area contributed by atoms with Crippen LogP contribution in [0.15, 0.2) is 52.4 Å². The number of benzene rings is 2. The van der Waals surface area contributed by atoms with E-state index >= 15 is 0 Å². The maximum Gasteiger partial charge on any atom is 0.266 e. The number of rotatable bonds is 11. The summed E-state index contributed by atoms with van der Waals surface area (Å²) in [7, 11) is 0. The molecule has 0 saturated heterocycles. The van der Waals surface area contributed by atoms with E-state index in [1.54, 1.807) is 36.4 Å². The van der Waals surface area contributed by atoms with Gasteiger partial charge in [0, 0.05) is 11.1 Å². The van der Waals surface area contributed by atoms with Gasteiger partial charge < -0.3 is 10.2 Å². The highest BCUT2D eigenvalue weighted by Crippen LogP contribution is 2.29. The first kappa shape index (κ1) is 27.5. The molecule has 35 heavy (non-hydrogen) atoms. The van der Waals surface area contributed by atoms with Crippen LogP contribution in [0.5, 0.6) is 0 Å². The number of halogens is 2. The molecular formula is C26H32Cl2N4O2S. The lowest BCUT2D eigenvalue weighted by molar-refractivity contribution is -0.120. The Labute approximate surface area is 221 Å². The number of fused-ring (bicyclic) bond motifs is 1. The normalized spacial score (nSPS) is 13.2. The molecule has 1 heterocycles. The molecule has 0 aliphatic carbocycles. The average Bonchev–Trinajstić information content (AvgIpc) is 2.83. The number of aromatic nitrogens is 2. The summed E-state index contributed by atoms with van der Waals surface area (Å²) >= 11 is 13.8. The molecule has 0 saturated carbocycles. The van der Waals surface area contributed by atoms with Gasteiger partial charge in [0.1, 0.15) is 0 Å². The third kappa shape index (κ3) is 7.00. The predicted molar refractivity (Wildman–Crippen MR) is 147 cm³/mol. The van der Waals surface area contributed by atoms with Gasteiger partial charge in [0.25, 0.3) is 5.56 Å². The van der Waals surface area contributed by atoms with E-state index in [-0.39, 0.29) is 17.5 Å². The topological polar surface area (TPSA) is 67.2 Å². The number of thioether (sulfide) groups is 1. The molecule has 2 atom stereocenters. The molecule has 1 aromatic heterocycles. The fourth-order valence-electron chi connectivity index (χ4n) is 3.87. The SMILES string of the molecule is CCN(CC)CCCC(C)NC(=O)C(C)Sc1nc2ccccc2c(=O)n1-c1ccc(Cl)cc1Cl. The molecule has 9 heteroatoms. The van der Waals surface area contributed by atoms with Crippen LogP contribution in [0.4, 0.5) is 0 Å². The zero-order chi connectivity index (χ0) is 25.5. The third-order valence-corrected chi connectivity index (χ3v) is 7.53. The van der Waals surface area contributed by atoms with Crippen LogP contribution in [0.3, 0.4) is 0 Å². The van der Waals surface area contributed by atoms with E-state index in [9.17, 15) is 9.59 Å². The van der Waals surface area contributed by atoms with Crippen LogP contribution in [0.2, 0.25) is 10.0 Å². The van der Waals surface area contributed by atoms with Crippen molar-refractivity contribution in [2.24, 2.45) is 0 Å². The zero-order valence-corrected chi connectivity index (χ0v) is 22.9. The van der Waals surface area contributed by atoms with Crippen LogP contribution in [0.1, 0.15) is 40.5 Å². The molecule has 6 nitrogen and oxygen atoms in total. The highest BCUT2D eigenvalue weighted by molar-refractivity contribution is 8.00. The van der Waals surface area contributed by atoms with Gasteiger partial charge in [-0.05, 0) is 76.7 Å². The van der Waals surface area contributed by atoms with E-state index in [0.29, 0.717) is 31.8 Å². The summed E-state index contributed by atoms with van der Waals surface area (Å²) in [6.45, 7) is 11.2. The molecule has 2 unspecified atom stereocenters. The first-order valence-electron chi connectivity index (χ1n) is 11.9. The highest BCUT2D eigenvalue weighted by atomic mass is 35.5. The summed E-state index contributed by atoms with van der Waals surface area (Å²) < 4.78 is 1.46. The molecule has 0 radical (unpaired) electrons. The first-order valence-corrected chi connectivity index (χ1v) is 13.5. The van der Waals surface area contributed by atoms with E-state index in [2.05, 4.69) is 24.1 Å². The summed E-state index contributed by atoms with van der Waals surface area (Å²) in [6, 6.07) is 12.2. The van der Waals surface area contributed by atoms with Crippen molar-refractivity contribution in [3.05, 3.63) is 62.9 Å². The minimum atomic E-state index is -0.467. The molecule has 0 aliphatic rings. The van der Waals surface area contributed by atoms with Crippen molar-refractivity contribution in [1.82, 2.24) is 19.8 Å². The van der Waals surface area contributed by atoms with Gasteiger partial charge in [-0.25, -0.2) is 4.98 Å². The number of nitrogens with zero attached hydrogens (tertiary/aromatic N) is 3. The van der Waals surface area contributed by atoms with Gasteiger partial charge in [-0.2, -0.15) is 0 Å². The lowest BCUT2D eigenvalue weighted by Gasteiger charge is -2.21. The summed E-state index contributed by atoms with van der Waals surface area (Å²) in [6.07, 6.45) is 1.92. The van der Waals surface area contributed by atoms with Gasteiger partial charge in [0.05, 0.1) is 26.9 Å². The minimum Gasteiger partial charge on any atom is -0.353 e. The van der Waals surface area contributed by atoms with E-state index in [1.165, 1.54) is 16.3 Å². The predicted octanol–water partition coefficient (Wildman–Crippen LogP) is 5.80. The second-order valence-electron chi connectivity index (χ2n) is 8.49. The molecule has 3 rings (SSSR count). The van der Waals surface area contributed by atoms with E-state index in [0.717, 1.165) is 32.5 Å². The van der Waals surface area contributed by atoms with E-state index in [1.807, 2.05) is 19.9 Å². The average molecular weight is 536 g/mol. The van der Waals surface area contributed by atoms with E-state index < -0.39 is 5.25 Å². The maximum atomic E-state index is 13.5. The molecular weight excluding hydrogens is 503 g/mol. The number of amides is 1. The van der Waals surface area contributed by atoms with Crippen LogP contribution >= 0.6 is 35.0 Å². The smallest absolute Gasteiger partial charge is 0.266 e. The second kappa shape index (κ2) is 12.8. The van der Waals surface area contributed by atoms with Crippen molar-refractivity contribution in [2.75, 3.05) is 19.6 Å². The van der Waals surface area contributed by atoms with Crippen molar-refractivity contribution in [3.8, 4) is 5.69 Å². The number of hydrogen-bond donors (Lipinski definition) is 1. The maximum absolute atomic E-state index is 13.5. The first-order chi connectivity index (χ1) is 16.7. The molecule has 1 amide bonds. The van der Waals surface area contributed by atoms with Crippen molar-refractivity contribution >= 4 is 51.8 Å². The Bertz CT molecular complexity index is 1230. The lowest BCUT2D eigenvalue weighted by Crippen LogP contribution is -2.38. The number of hydrogen-bond acceptors (Lipinski definition) is 5. The molecule has 0 aliphatic heterocycles. The second-order valence-corrected chi connectivity index (χ2v) is 10.6. The number of carbonyl (C=O) groups is 1. The number of para-hydroxylation sites is 1. The summed E-state index contributed by atoms with van der Waals surface area (Å²) in [5, 5.41) is 4.31. The molecule has 0 bridgehead atoms. The van der Waals surface area contributed by atoms with Crippen LogP contribution in [0, 0.1) is 0 Å². The summed E-state index contributed by atoms with van der Waals surface area (Å²) in [4.78, 5) is 33.5. The Morgan fingerprint density at radius 1 is 1.14 bits per heavy atom. The van der Waals surface area contributed by atoms with Gasteiger partial charge in [-0.15, -0.1) is 0 Å². The lowest BCUT2D eigenvalue weighted by atomic mass is 10.1. The molecule has 2 aromatic carbocycles. The van der Waals surface area contributed by atoms with Crippen LogP contribution in [-0.4, -0.2) is 51.3 Å².